The molecule has 0 amide bonds. The Morgan fingerprint density at radius 3 is 2.09 bits per heavy atom. The molecule has 5 heteroatoms. The second-order valence-corrected chi connectivity index (χ2v) is 6.75. The summed E-state index contributed by atoms with van der Waals surface area (Å²) in [5.74, 6) is 0. The van der Waals surface area contributed by atoms with Gasteiger partial charge in [0, 0.05) is 12.1 Å². The van der Waals surface area contributed by atoms with Crippen LogP contribution in [0.1, 0.15) is 12.8 Å². The highest BCUT2D eigenvalue weighted by molar-refractivity contribution is 8.45. The maximum atomic E-state index is 5.41. The van der Waals surface area contributed by atoms with Gasteiger partial charge in [-0.15, -0.1) is 0 Å². The second kappa shape index (κ2) is 3.22. The van der Waals surface area contributed by atoms with E-state index in [1.54, 1.807) is 0 Å². The summed E-state index contributed by atoms with van der Waals surface area (Å²) in [6, 6.07) is 1.10. The molecule has 2 heterocycles. The summed E-state index contributed by atoms with van der Waals surface area (Å²) in [5, 5.41) is 0. The minimum Gasteiger partial charge on any atom is -0.378 e. The molecule has 0 aliphatic carbocycles. The van der Waals surface area contributed by atoms with E-state index in [2.05, 4.69) is 4.31 Å². The highest BCUT2D eigenvalue weighted by atomic mass is 33.1. The first-order valence-corrected chi connectivity index (χ1v) is 7.11. The number of ether oxygens (including phenoxy) is 1. The molecule has 0 N–H and O–H groups in total. The molecule has 2 aliphatic rings. The maximum Gasteiger partial charge on any atom is 0.0632 e. The standard InChI is InChI=1S/C6H11NOS3/c9-11(10)7-5-1-2-6(7)4-8-3-5/h5-6,11H,1-4H2. The van der Waals surface area contributed by atoms with E-state index in [9.17, 15) is 0 Å². The van der Waals surface area contributed by atoms with Gasteiger partial charge in [0.25, 0.3) is 0 Å². The van der Waals surface area contributed by atoms with E-state index in [4.69, 9.17) is 27.1 Å². The van der Waals surface area contributed by atoms with Crippen LogP contribution in [-0.2, 0) is 35.3 Å². The lowest BCUT2D eigenvalue weighted by Crippen LogP contribution is -2.44. The number of hydrogen-bond donors (Lipinski definition) is 1. The quantitative estimate of drug-likeness (QED) is 0.612. The molecule has 2 aliphatic heterocycles. The van der Waals surface area contributed by atoms with Crippen molar-refractivity contribution < 1.29 is 4.74 Å². The summed E-state index contributed by atoms with van der Waals surface area (Å²) in [6.07, 6.45) is 2.47. The molecule has 2 saturated heterocycles. The van der Waals surface area contributed by atoms with Crippen LogP contribution < -0.4 is 0 Å². The zero-order chi connectivity index (χ0) is 7.84. The van der Waals surface area contributed by atoms with Crippen molar-refractivity contribution in [2.24, 2.45) is 0 Å². The number of hydrogen-bond acceptors (Lipinski definition) is 3. The van der Waals surface area contributed by atoms with Gasteiger partial charge in [-0.25, -0.2) is 4.31 Å². The van der Waals surface area contributed by atoms with Gasteiger partial charge in [-0.05, 0) is 43.4 Å². The van der Waals surface area contributed by atoms with Crippen molar-refractivity contribution in [2.75, 3.05) is 13.2 Å². The molecule has 2 rings (SSSR count). The summed E-state index contributed by atoms with van der Waals surface area (Å²) in [6.45, 7) is 1.70. The first kappa shape index (κ1) is 8.31. The van der Waals surface area contributed by atoms with Gasteiger partial charge in [0.2, 0.25) is 0 Å². The highest BCUT2D eigenvalue weighted by Gasteiger charge is 2.36. The van der Waals surface area contributed by atoms with E-state index in [1.807, 2.05) is 0 Å². The molecule has 2 nitrogen and oxygen atoms in total. The number of morpholine rings is 1. The molecule has 11 heavy (non-hydrogen) atoms. The molecule has 0 aromatic carbocycles. The lowest BCUT2D eigenvalue weighted by atomic mass is 10.2. The minimum atomic E-state index is -0.715. The van der Waals surface area contributed by atoms with Gasteiger partial charge >= 0.3 is 0 Å². The van der Waals surface area contributed by atoms with Gasteiger partial charge in [-0.1, -0.05) is 0 Å². The largest absolute Gasteiger partial charge is 0.378 e. The molecular weight excluding hydrogens is 198 g/mol. The van der Waals surface area contributed by atoms with Crippen molar-refractivity contribution >= 4 is 30.6 Å². The van der Waals surface area contributed by atoms with E-state index in [-0.39, 0.29) is 0 Å². The topological polar surface area (TPSA) is 12.5 Å². The van der Waals surface area contributed by atoms with Crippen molar-refractivity contribution in [1.82, 2.24) is 4.31 Å². The van der Waals surface area contributed by atoms with Gasteiger partial charge in [-0.3, -0.25) is 0 Å². The molecule has 2 fully saturated rings. The van der Waals surface area contributed by atoms with Gasteiger partial charge < -0.3 is 4.74 Å². The molecule has 64 valence electrons. The Balaban J connectivity index is 2.21. The van der Waals surface area contributed by atoms with Gasteiger partial charge in [0.05, 0.1) is 13.2 Å². The fourth-order valence-corrected chi connectivity index (χ4v) is 4.37. The predicted octanol–water partition coefficient (Wildman–Crippen LogP) is 0.0390. The summed E-state index contributed by atoms with van der Waals surface area (Å²) in [5.41, 5.74) is 0. The van der Waals surface area contributed by atoms with Crippen molar-refractivity contribution in [3.8, 4) is 0 Å². The van der Waals surface area contributed by atoms with Crippen LogP contribution in [-0.4, -0.2) is 29.6 Å². The normalized spacial score (nSPS) is 38.3. The average Bonchev–Trinajstić information content (AvgIpc) is 2.23. The number of thiol groups is 1. The lowest BCUT2D eigenvalue weighted by Gasteiger charge is -2.31. The van der Waals surface area contributed by atoms with Gasteiger partial charge in [0.15, 0.2) is 0 Å². The Morgan fingerprint density at radius 2 is 1.73 bits per heavy atom. The predicted molar refractivity (Wildman–Crippen MR) is 53.0 cm³/mol. The Kier molecular flexibility index (Phi) is 2.43. The minimum absolute atomic E-state index is 0.551. The monoisotopic (exact) mass is 209 g/mol. The fraction of sp³-hybridized carbons (Fsp3) is 1.00. The second-order valence-electron chi connectivity index (χ2n) is 3.04. The van der Waals surface area contributed by atoms with Crippen LogP contribution in [0.15, 0.2) is 0 Å². The van der Waals surface area contributed by atoms with Crippen LogP contribution in [0, 0.1) is 0 Å². The summed E-state index contributed by atoms with van der Waals surface area (Å²) in [4.78, 5) is 0. The first-order valence-electron chi connectivity index (χ1n) is 3.79. The molecule has 0 aromatic heterocycles. The number of rotatable bonds is 1. The van der Waals surface area contributed by atoms with Crippen molar-refractivity contribution in [3.63, 3.8) is 0 Å². The van der Waals surface area contributed by atoms with Crippen molar-refractivity contribution in [1.29, 1.82) is 0 Å². The van der Waals surface area contributed by atoms with Crippen LogP contribution >= 0.6 is 0 Å². The Hall–Kier alpha value is 0.710. The summed E-state index contributed by atoms with van der Waals surface area (Å²) < 4.78 is 7.74. The number of fused-ring (bicyclic) bond motifs is 2. The van der Waals surface area contributed by atoms with Crippen LogP contribution in [0.5, 0.6) is 0 Å². The maximum absolute atomic E-state index is 5.41. The SMILES string of the molecule is S=[SH](=S)N1C2CCC1COC2. The molecule has 0 spiro atoms. The van der Waals surface area contributed by atoms with Crippen LogP contribution in [0.25, 0.3) is 0 Å². The van der Waals surface area contributed by atoms with E-state index < -0.39 is 8.20 Å². The van der Waals surface area contributed by atoms with E-state index in [0.717, 1.165) is 13.2 Å². The third kappa shape index (κ3) is 1.45. The molecule has 0 radical (unpaired) electrons. The molecule has 2 atom stereocenters. The number of nitrogens with zero attached hydrogens (tertiary/aromatic N) is 1. The molecule has 0 aromatic rings. The van der Waals surface area contributed by atoms with Crippen LogP contribution in [0.3, 0.4) is 0 Å². The van der Waals surface area contributed by atoms with Gasteiger partial charge in [-0.2, -0.15) is 0 Å². The summed E-state index contributed by atoms with van der Waals surface area (Å²) >= 11 is 10.3. The van der Waals surface area contributed by atoms with E-state index >= 15 is 0 Å². The van der Waals surface area contributed by atoms with Crippen molar-refractivity contribution in [2.45, 2.75) is 24.9 Å². The Morgan fingerprint density at radius 1 is 1.18 bits per heavy atom. The zero-order valence-electron chi connectivity index (χ0n) is 6.10. The molecule has 2 bridgehead atoms. The van der Waals surface area contributed by atoms with E-state index in [1.165, 1.54) is 12.8 Å². The molecule has 2 unspecified atom stereocenters. The van der Waals surface area contributed by atoms with Crippen molar-refractivity contribution in [3.05, 3.63) is 0 Å². The first-order chi connectivity index (χ1) is 5.29. The molecule has 0 saturated carbocycles. The Bertz CT molecular complexity index is 204. The van der Waals surface area contributed by atoms with Crippen LogP contribution in [0.2, 0.25) is 0 Å². The smallest absolute Gasteiger partial charge is 0.0632 e. The third-order valence-electron chi connectivity index (χ3n) is 2.39. The highest BCUT2D eigenvalue weighted by Crippen LogP contribution is 2.28. The Labute approximate surface area is 77.9 Å². The lowest BCUT2D eigenvalue weighted by molar-refractivity contribution is 0.0320. The van der Waals surface area contributed by atoms with Gasteiger partial charge in [0.1, 0.15) is 0 Å². The fourth-order valence-electron chi connectivity index (χ4n) is 1.87. The van der Waals surface area contributed by atoms with E-state index in [0.29, 0.717) is 12.1 Å². The van der Waals surface area contributed by atoms with Crippen LogP contribution in [0.4, 0.5) is 0 Å². The zero-order valence-corrected chi connectivity index (χ0v) is 8.63. The third-order valence-corrected chi connectivity index (χ3v) is 4.55. The summed E-state index contributed by atoms with van der Waals surface area (Å²) in [7, 11) is -0.715. The molecular formula is C6H11NOS3. The average molecular weight is 209 g/mol.